The number of ether oxygens (including phenoxy) is 4. The van der Waals surface area contributed by atoms with Crippen LogP contribution in [0, 0.1) is 0 Å². The molecule has 0 saturated carbocycles. The highest BCUT2D eigenvalue weighted by Crippen LogP contribution is 2.26. The molecule has 17 heavy (non-hydrogen) atoms. The van der Waals surface area contributed by atoms with Crippen molar-refractivity contribution in [3.05, 3.63) is 0 Å². The van der Waals surface area contributed by atoms with Crippen molar-refractivity contribution in [2.24, 2.45) is 0 Å². The van der Waals surface area contributed by atoms with Gasteiger partial charge in [-0.3, -0.25) is 0 Å². The zero-order valence-electron chi connectivity index (χ0n) is 12.2. The van der Waals surface area contributed by atoms with Gasteiger partial charge in [0.05, 0.1) is 0 Å². The summed E-state index contributed by atoms with van der Waals surface area (Å²) in [5, 5.41) is 0. The molecule has 0 aliphatic heterocycles. The molecule has 0 aromatic heterocycles. The van der Waals surface area contributed by atoms with Crippen LogP contribution < -0.4 is 0 Å². The van der Waals surface area contributed by atoms with Crippen LogP contribution in [-0.2, 0) is 18.9 Å². The lowest BCUT2D eigenvalue weighted by molar-refractivity contribution is -0.216. The van der Waals surface area contributed by atoms with Gasteiger partial charge in [0.25, 0.3) is 0 Å². The average Bonchev–Trinajstić information content (AvgIpc) is 2.39. The summed E-state index contributed by atoms with van der Waals surface area (Å²) in [5.41, 5.74) is 0. The summed E-state index contributed by atoms with van der Waals surface area (Å²) in [6.07, 6.45) is 4.66. The quantitative estimate of drug-likeness (QED) is 0.440. The second-order valence-corrected chi connectivity index (χ2v) is 4.42. The SMILES string of the molecule is CCC(CCCCC(C)(OC)OC)(OC)OC. The Labute approximate surface area is 106 Å². The number of hydrogen-bond donors (Lipinski definition) is 0. The van der Waals surface area contributed by atoms with Gasteiger partial charge in [0.15, 0.2) is 11.6 Å². The van der Waals surface area contributed by atoms with Crippen molar-refractivity contribution in [3.8, 4) is 0 Å². The van der Waals surface area contributed by atoms with Gasteiger partial charge >= 0.3 is 0 Å². The van der Waals surface area contributed by atoms with E-state index in [0.717, 1.165) is 32.1 Å². The molecule has 0 N–H and O–H groups in total. The van der Waals surface area contributed by atoms with Crippen molar-refractivity contribution in [1.29, 1.82) is 0 Å². The van der Waals surface area contributed by atoms with E-state index in [-0.39, 0.29) is 0 Å². The highest BCUT2D eigenvalue weighted by Gasteiger charge is 2.27. The first-order chi connectivity index (χ1) is 8.01. The van der Waals surface area contributed by atoms with Crippen LogP contribution in [0.3, 0.4) is 0 Å². The molecule has 0 rings (SSSR count). The smallest absolute Gasteiger partial charge is 0.167 e. The zero-order chi connectivity index (χ0) is 13.4. The molecule has 0 unspecified atom stereocenters. The van der Waals surface area contributed by atoms with Gasteiger partial charge in [0, 0.05) is 41.3 Å². The molecule has 4 nitrogen and oxygen atoms in total. The molecule has 0 spiro atoms. The van der Waals surface area contributed by atoms with E-state index < -0.39 is 11.6 Å². The minimum atomic E-state index is -0.477. The summed E-state index contributed by atoms with van der Waals surface area (Å²) >= 11 is 0. The largest absolute Gasteiger partial charge is 0.353 e. The number of rotatable bonds is 10. The van der Waals surface area contributed by atoms with Gasteiger partial charge < -0.3 is 18.9 Å². The molecule has 0 saturated heterocycles. The van der Waals surface area contributed by atoms with E-state index in [9.17, 15) is 0 Å². The van der Waals surface area contributed by atoms with E-state index in [4.69, 9.17) is 18.9 Å². The molecule has 0 amide bonds. The van der Waals surface area contributed by atoms with E-state index in [1.807, 2.05) is 6.92 Å². The molecule has 0 bridgehead atoms. The molecule has 104 valence electrons. The summed E-state index contributed by atoms with van der Waals surface area (Å²) in [6, 6.07) is 0. The van der Waals surface area contributed by atoms with Crippen molar-refractivity contribution in [2.75, 3.05) is 28.4 Å². The summed E-state index contributed by atoms with van der Waals surface area (Å²) in [5.74, 6) is -0.911. The van der Waals surface area contributed by atoms with Crippen LogP contribution >= 0.6 is 0 Å². The molecule has 0 aliphatic rings. The van der Waals surface area contributed by atoms with E-state index in [0.29, 0.717) is 0 Å². The summed E-state index contributed by atoms with van der Waals surface area (Å²) < 4.78 is 21.5. The highest BCUT2D eigenvalue weighted by molar-refractivity contribution is 4.69. The van der Waals surface area contributed by atoms with Gasteiger partial charge in [-0.15, -0.1) is 0 Å². The molecule has 0 aromatic carbocycles. The van der Waals surface area contributed by atoms with Gasteiger partial charge in [-0.2, -0.15) is 0 Å². The maximum atomic E-state index is 5.44. The second-order valence-electron chi connectivity index (χ2n) is 4.42. The first kappa shape index (κ1) is 16.8. The van der Waals surface area contributed by atoms with Crippen molar-refractivity contribution in [1.82, 2.24) is 0 Å². The Hall–Kier alpha value is -0.160. The summed E-state index contributed by atoms with van der Waals surface area (Å²) in [6.45, 7) is 4.02. The zero-order valence-corrected chi connectivity index (χ0v) is 12.2. The van der Waals surface area contributed by atoms with Crippen molar-refractivity contribution in [2.45, 2.75) is 57.5 Å². The number of unbranched alkanes of at least 4 members (excludes halogenated alkanes) is 1. The number of hydrogen-bond acceptors (Lipinski definition) is 4. The second kappa shape index (κ2) is 8.03. The first-order valence-electron chi connectivity index (χ1n) is 6.22. The molecule has 4 heteroatoms. The lowest BCUT2D eigenvalue weighted by Crippen LogP contribution is -2.33. The van der Waals surface area contributed by atoms with Crippen LogP contribution in [0.25, 0.3) is 0 Å². The van der Waals surface area contributed by atoms with E-state index in [1.165, 1.54) is 0 Å². The average molecular weight is 248 g/mol. The fourth-order valence-corrected chi connectivity index (χ4v) is 1.88. The Bertz CT molecular complexity index is 178. The lowest BCUT2D eigenvalue weighted by atomic mass is 10.0. The van der Waals surface area contributed by atoms with Crippen molar-refractivity contribution in [3.63, 3.8) is 0 Å². The maximum absolute atomic E-state index is 5.44. The third-order valence-electron chi connectivity index (χ3n) is 3.58. The predicted molar refractivity (Wildman–Crippen MR) is 67.9 cm³/mol. The van der Waals surface area contributed by atoms with Crippen molar-refractivity contribution < 1.29 is 18.9 Å². The van der Waals surface area contributed by atoms with E-state index >= 15 is 0 Å². The summed E-state index contributed by atoms with van der Waals surface area (Å²) in [7, 11) is 6.73. The van der Waals surface area contributed by atoms with Crippen LogP contribution in [0.2, 0.25) is 0 Å². The highest BCUT2D eigenvalue weighted by atomic mass is 16.7. The van der Waals surface area contributed by atoms with Gasteiger partial charge in [0.2, 0.25) is 0 Å². The molecular weight excluding hydrogens is 220 g/mol. The standard InChI is InChI=1S/C13H28O4/c1-7-13(16-5,17-6)11-9-8-10-12(2,14-3)15-4/h7-11H2,1-6H3. The first-order valence-corrected chi connectivity index (χ1v) is 6.22. The van der Waals surface area contributed by atoms with Crippen LogP contribution in [0.4, 0.5) is 0 Å². The molecule has 0 radical (unpaired) electrons. The maximum Gasteiger partial charge on any atom is 0.167 e. The van der Waals surface area contributed by atoms with Crippen molar-refractivity contribution >= 4 is 0 Å². The third kappa shape index (κ3) is 5.34. The topological polar surface area (TPSA) is 36.9 Å². The van der Waals surface area contributed by atoms with Crippen LogP contribution in [0.5, 0.6) is 0 Å². The van der Waals surface area contributed by atoms with E-state index in [1.54, 1.807) is 28.4 Å². The molecular formula is C13H28O4. The molecule has 0 atom stereocenters. The van der Waals surface area contributed by atoms with Crippen LogP contribution in [0.1, 0.15) is 46.0 Å². The Morgan fingerprint density at radius 1 is 0.765 bits per heavy atom. The monoisotopic (exact) mass is 248 g/mol. The van der Waals surface area contributed by atoms with E-state index in [2.05, 4.69) is 6.92 Å². The van der Waals surface area contributed by atoms with Gasteiger partial charge in [0.1, 0.15) is 0 Å². The fraction of sp³-hybridized carbons (Fsp3) is 1.00. The minimum Gasteiger partial charge on any atom is -0.353 e. The third-order valence-corrected chi connectivity index (χ3v) is 3.58. The van der Waals surface area contributed by atoms with Gasteiger partial charge in [-0.05, 0) is 26.2 Å². The van der Waals surface area contributed by atoms with Gasteiger partial charge in [-0.1, -0.05) is 6.92 Å². The lowest BCUT2D eigenvalue weighted by Gasteiger charge is -2.31. The Kier molecular flexibility index (Phi) is 7.96. The molecule has 0 heterocycles. The minimum absolute atomic E-state index is 0.434. The Morgan fingerprint density at radius 2 is 1.24 bits per heavy atom. The fourth-order valence-electron chi connectivity index (χ4n) is 1.88. The molecule has 0 fully saturated rings. The predicted octanol–water partition coefficient (Wildman–Crippen LogP) is 2.95. The molecule has 0 aliphatic carbocycles. The molecule has 0 aromatic rings. The normalized spacial score (nSPS) is 13.1. The Balaban J connectivity index is 3.98. The summed E-state index contributed by atoms with van der Waals surface area (Å²) in [4.78, 5) is 0. The Morgan fingerprint density at radius 3 is 1.59 bits per heavy atom. The van der Waals surface area contributed by atoms with Gasteiger partial charge in [-0.25, -0.2) is 0 Å². The number of methoxy groups -OCH3 is 4. The van der Waals surface area contributed by atoms with Crippen LogP contribution in [0.15, 0.2) is 0 Å². The van der Waals surface area contributed by atoms with Crippen LogP contribution in [-0.4, -0.2) is 40.0 Å².